The van der Waals surface area contributed by atoms with E-state index in [4.69, 9.17) is 40.5 Å². The van der Waals surface area contributed by atoms with Crippen molar-refractivity contribution in [1.82, 2.24) is 10.2 Å². The summed E-state index contributed by atoms with van der Waals surface area (Å²) in [7, 11) is 0. The molecule has 0 saturated carbocycles. The van der Waals surface area contributed by atoms with Gasteiger partial charge in [0.2, 0.25) is 11.0 Å². The number of nitriles is 1. The highest BCUT2D eigenvalue weighted by molar-refractivity contribution is 8.01. The highest BCUT2D eigenvalue weighted by Crippen LogP contribution is 2.50. The van der Waals surface area contributed by atoms with Crippen LogP contribution in [0, 0.1) is 16.7 Å². The second kappa shape index (κ2) is 11.7. The minimum absolute atomic E-state index is 0.0434. The molecule has 210 valence electrons. The van der Waals surface area contributed by atoms with Crippen LogP contribution in [0.25, 0.3) is 0 Å². The number of nitrogens with two attached hydrogens (primary N) is 1. The first kappa shape index (κ1) is 29.4. The third kappa shape index (κ3) is 6.10. The number of nitrogens with zero attached hydrogens (tertiary/aromatic N) is 4. The largest absolute Gasteiger partial charge is 0.384 e. The van der Waals surface area contributed by atoms with Crippen LogP contribution in [-0.2, 0) is 9.59 Å². The number of thioether (sulfide) groups is 1. The number of hydrogen-bond donors (Lipinski definition) is 2. The average molecular weight is 646 g/mol. The van der Waals surface area contributed by atoms with E-state index in [2.05, 4.69) is 21.6 Å². The van der Waals surface area contributed by atoms with Crippen molar-refractivity contribution in [3.05, 3.63) is 85.8 Å². The molecule has 2 aliphatic rings. The van der Waals surface area contributed by atoms with Gasteiger partial charge in [0, 0.05) is 27.7 Å². The summed E-state index contributed by atoms with van der Waals surface area (Å²) in [5.41, 5.74) is 9.03. The summed E-state index contributed by atoms with van der Waals surface area (Å²) in [6.07, 6.45) is 0.885. The predicted molar refractivity (Wildman–Crippen MR) is 164 cm³/mol. The number of halogens is 3. The Labute approximate surface area is 260 Å². The number of aromatic nitrogens is 2. The van der Waals surface area contributed by atoms with E-state index in [9.17, 15) is 14.9 Å². The molecule has 1 aliphatic heterocycles. The molecule has 3 aromatic rings. The summed E-state index contributed by atoms with van der Waals surface area (Å²) >= 11 is 20.6. The zero-order chi connectivity index (χ0) is 29.5. The molecule has 0 bridgehead atoms. The Morgan fingerprint density at radius 3 is 2.56 bits per heavy atom. The van der Waals surface area contributed by atoms with Crippen LogP contribution in [0.15, 0.2) is 69.5 Å². The molecule has 2 aromatic carbocycles. The SMILES string of the molecule is CC1(C)CC(=O)C2=C(C1)N(c1nnc(SCC(=O)Nc3ccc(Cl)cc3Cl)s1)C(N)=C(C#N)C2c1ccc(Cl)cc1. The molecule has 0 radical (unpaired) electrons. The van der Waals surface area contributed by atoms with Crippen molar-refractivity contribution in [1.29, 1.82) is 5.26 Å². The zero-order valence-electron chi connectivity index (χ0n) is 21.9. The third-order valence-corrected chi connectivity index (χ3v) is 9.54. The normalized spacial score (nSPS) is 18.3. The van der Waals surface area contributed by atoms with Gasteiger partial charge in [0.1, 0.15) is 5.82 Å². The van der Waals surface area contributed by atoms with Gasteiger partial charge in [-0.05, 0) is 47.7 Å². The van der Waals surface area contributed by atoms with Crippen molar-refractivity contribution >= 4 is 80.4 Å². The average Bonchev–Trinajstić information content (AvgIpc) is 3.37. The Morgan fingerprint density at radius 1 is 1.17 bits per heavy atom. The monoisotopic (exact) mass is 644 g/mol. The van der Waals surface area contributed by atoms with Gasteiger partial charge in [0.25, 0.3) is 0 Å². The van der Waals surface area contributed by atoms with Gasteiger partial charge in [-0.1, -0.05) is 83.9 Å². The van der Waals surface area contributed by atoms with Crippen LogP contribution in [0.3, 0.4) is 0 Å². The highest BCUT2D eigenvalue weighted by atomic mass is 35.5. The fourth-order valence-corrected chi connectivity index (χ4v) is 7.23. The molecule has 1 aromatic heterocycles. The van der Waals surface area contributed by atoms with Crippen LogP contribution in [-0.4, -0.2) is 27.6 Å². The molecular weight excluding hydrogens is 623 g/mol. The quantitative estimate of drug-likeness (QED) is 0.270. The van der Waals surface area contributed by atoms with Crippen LogP contribution < -0.4 is 16.0 Å². The number of amides is 1. The van der Waals surface area contributed by atoms with Crippen LogP contribution in [0.5, 0.6) is 0 Å². The van der Waals surface area contributed by atoms with E-state index in [-0.39, 0.29) is 34.3 Å². The van der Waals surface area contributed by atoms with Crippen LogP contribution >= 0.6 is 57.9 Å². The van der Waals surface area contributed by atoms with E-state index in [0.29, 0.717) is 54.3 Å². The highest BCUT2D eigenvalue weighted by Gasteiger charge is 2.45. The molecule has 8 nitrogen and oxygen atoms in total. The van der Waals surface area contributed by atoms with E-state index >= 15 is 0 Å². The maximum atomic E-state index is 13.6. The summed E-state index contributed by atoms with van der Waals surface area (Å²) in [5.74, 6) is -0.689. The standard InChI is InChI=1S/C28H23Cl3N6O2S2/c1-28(2)10-20-24(21(38)11-28)23(14-3-5-15(29)6-4-14)17(12-32)25(33)37(20)26-35-36-27(41-26)40-13-22(39)34-19-8-7-16(30)9-18(19)31/h3-9,23H,10-11,13,33H2,1-2H3,(H,34,39). The van der Waals surface area contributed by atoms with Crippen molar-refractivity contribution in [3.63, 3.8) is 0 Å². The molecule has 1 amide bonds. The zero-order valence-corrected chi connectivity index (χ0v) is 25.8. The summed E-state index contributed by atoms with van der Waals surface area (Å²) in [6, 6.07) is 14.1. The minimum Gasteiger partial charge on any atom is -0.384 e. The molecule has 0 spiro atoms. The number of benzene rings is 2. The number of Topliss-reactive ketones (excluding diaryl/α,β-unsaturated/α-hetero) is 1. The predicted octanol–water partition coefficient (Wildman–Crippen LogP) is 7.17. The van der Waals surface area contributed by atoms with E-state index < -0.39 is 5.92 Å². The molecule has 3 N–H and O–H groups in total. The lowest BCUT2D eigenvalue weighted by atomic mass is 9.69. The first-order chi connectivity index (χ1) is 19.5. The van der Waals surface area contributed by atoms with Crippen LogP contribution in [0.2, 0.25) is 15.1 Å². The first-order valence-electron chi connectivity index (χ1n) is 12.4. The van der Waals surface area contributed by atoms with Crippen molar-refractivity contribution in [2.75, 3.05) is 16.0 Å². The number of allylic oxidation sites excluding steroid dienone is 3. The number of hydrogen-bond acceptors (Lipinski definition) is 9. The van der Waals surface area contributed by atoms with Gasteiger partial charge in [-0.2, -0.15) is 5.26 Å². The van der Waals surface area contributed by atoms with Gasteiger partial charge in [-0.3, -0.25) is 14.5 Å². The molecular formula is C28H23Cl3N6O2S2. The van der Waals surface area contributed by atoms with Crippen molar-refractivity contribution in [2.45, 2.75) is 36.9 Å². The second-order valence-electron chi connectivity index (χ2n) is 10.3. The van der Waals surface area contributed by atoms with Crippen molar-refractivity contribution in [3.8, 4) is 6.07 Å². The Morgan fingerprint density at radius 2 is 1.88 bits per heavy atom. The molecule has 0 saturated heterocycles. The smallest absolute Gasteiger partial charge is 0.234 e. The molecule has 2 heterocycles. The molecule has 0 fully saturated rings. The number of carbonyl (C=O) groups is 2. The maximum Gasteiger partial charge on any atom is 0.234 e. The van der Waals surface area contributed by atoms with Gasteiger partial charge >= 0.3 is 0 Å². The lowest BCUT2D eigenvalue weighted by molar-refractivity contribution is -0.118. The molecule has 41 heavy (non-hydrogen) atoms. The number of rotatable bonds is 6. The number of carbonyl (C=O) groups excluding carboxylic acids is 2. The lowest BCUT2D eigenvalue weighted by Gasteiger charge is -2.42. The topological polar surface area (TPSA) is 125 Å². The number of ketones is 1. The van der Waals surface area contributed by atoms with Gasteiger partial charge in [0.15, 0.2) is 10.1 Å². The number of anilines is 2. The van der Waals surface area contributed by atoms with E-state index in [0.717, 1.165) is 5.56 Å². The van der Waals surface area contributed by atoms with Gasteiger partial charge in [-0.25, -0.2) is 0 Å². The summed E-state index contributed by atoms with van der Waals surface area (Å²) in [5, 5.41) is 23.3. The van der Waals surface area contributed by atoms with Gasteiger partial charge < -0.3 is 11.1 Å². The first-order valence-corrected chi connectivity index (χ1v) is 15.3. The summed E-state index contributed by atoms with van der Waals surface area (Å²) in [4.78, 5) is 27.9. The van der Waals surface area contributed by atoms with Gasteiger partial charge in [-0.15, -0.1) is 10.2 Å². The third-order valence-electron chi connectivity index (χ3n) is 6.70. The van der Waals surface area contributed by atoms with Crippen molar-refractivity contribution < 1.29 is 9.59 Å². The van der Waals surface area contributed by atoms with E-state index in [1.807, 2.05) is 26.0 Å². The summed E-state index contributed by atoms with van der Waals surface area (Å²) in [6.45, 7) is 4.05. The minimum atomic E-state index is -0.614. The molecule has 5 rings (SSSR count). The molecule has 13 heteroatoms. The Bertz CT molecular complexity index is 1660. The van der Waals surface area contributed by atoms with Gasteiger partial charge in [0.05, 0.1) is 34.0 Å². The fourth-order valence-electron chi connectivity index (χ4n) is 4.97. The van der Waals surface area contributed by atoms with E-state index in [1.54, 1.807) is 35.2 Å². The summed E-state index contributed by atoms with van der Waals surface area (Å²) < 4.78 is 0.520. The Kier molecular flexibility index (Phi) is 8.37. The Balaban J connectivity index is 1.45. The second-order valence-corrected chi connectivity index (χ2v) is 13.8. The van der Waals surface area contributed by atoms with Crippen molar-refractivity contribution in [2.24, 2.45) is 11.1 Å². The van der Waals surface area contributed by atoms with Crippen LogP contribution in [0.4, 0.5) is 10.8 Å². The van der Waals surface area contributed by atoms with Crippen LogP contribution in [0.1, 0.15) is 38.2 Å². The van der Waals surface area contributed by atoms with E-state index in [1.165, 1.54) is 23.1 Å². The Hall–Kier alpha value is -3.07. The fraction of sp³-hybridized carbons (Fsp3) is 0.250. The molecule has 1 unspecified atom stereocenters. The lowest BCUT2D eigenvalue weighted by Crippen LogP contribution is -2.42. The number of nitrogens with one attached hydrogen (secondary N) is 1. The maximum absolute atomic E-state index is 13.6. The molecule has 1 atom stereocenters. The molecule has 1 aliphatic carbocycles.